The fourth-order valence-corrected chi connectivity index (χ4v) is 3.40. The van der Waals surface area contributed by atoms with E-state index in [0.29, 0.717) is 10.6 Å². The predicted molar refractivity (Wildman–Crippen MR) is 76.6 cm³/mol. The lowest BCUT2D eigenvalue weighted by Gasteiger charge is -2.11. The maximum absolute atomic E-state index is 11.8. The van der Waals surface area contributed by atoms with Gasteiger partial charge in [-0.25, -0.2) is 4.79 Å². The number of aryl methyl sites for hydroxylation is 1. The molecular weight excluding hydrogens is 333 g/mol. The first-order chi connectivity index (χ1) is 8.84. The summed E-state index contributed by atoms with van der Waals surface area (Å²) >= 11 is 17.8. The van der Waals surface area contributed by atoms with Gasteiger partial charge in [-0.2, -0.15) is 0 Å². The van der Waals surface area contributed by atoms with Crippen molar-refractivity contribution in [2.45, 2.75) is 23.1 Å². The zero-order chi connectivity index (χ0) is 14.2. The number of nitrogens with one attached hydrogen (secondary N) is 1. The summed E-state index contributed by atoms with van der Waals surface area (Å²) in [5.41, 5.74) is 1.30. The van der Waals surface area contributed by atoms with Crippen molar-refractivity contribution in [3.8, 4) is 0 Å². The number of fused-ring (bicyclic) bond motifs is 1. The van der Waals surface area contributed by atoms with Crippen LogP contribution in [0.1, 0.15) is 27.2 Å². The first-order valence-corrected chi connectivity index (χ1v) is 7.40. The molecule has 1 heterocycles. The smallest absolute Gasteiger partial charge is 0.341 e. The second kappa shape index (κ2) is 5.48. The monoisotopic (exact) mass is 341 g/mol. The molecular formula is C11H10Cl3NO3S. The summed E-state index contributed by atoms with van der Waals surface area (Å²) in [4.78, 5) is 24.6. The second-order valence-corrected chi connectivity index (χ2v) is 7.39. The molecule has 4 nitrogen and oxygen atoms in total. The Balaban J connectivity index is 2.36. The van der Waals surface area contributed by atoms with E-state index in [4.69, 9.17) is 39.5 Å². The Kier molecular flexibility index (Phi) is 4.30. The molecule has 0 saturated carbocycles. The number of rotatable bonds is 2. The molecule has 0 aromatic carbocycles. The van der Waals surface area contributed by atoms with E-state index in [-0.39, 0.29) is 0 Å². The first-order valence-electron chi connectivity index (χ1n) is 5.45. The number of carbonyl (C=O) groups is 2. The summed E-state index contributed by atoms with van der Waals surface area (Å²) in [5.74, 6) is -1.28. The molecule has 104 valence electrons. The molecule has 1 aromatic heterocycles. The van der Waals surface area contributed by atoms with Crippen LogP contribution >= 0.6 is 46.1 Å². The van der Waals surface area contributed by atoms with Gasteiger partial charge in [0.1, 0.15) is 5.00 Å². The van der Waals surface area contributed by atoms with Gasteiger partial charge in [-0.3, -0.25) is 4.79 Å². The number of methoxy groups -OCH3 is 1. The van der Waals surface area contributed by atoms with E-state index < -0.39 is 15.7 Å². The van der Waals surface area contributed by atoms with Gasteiger partial charge in [0.25, 0.3) is 9.70 Å². The van der Waals surface area contributed by atoms with Crippen LogP contribution < -0.4 is 5.32 Å². The Morgan fingerprint density at radius 3 is 2.58 bits per heavy atom. The van der Waals surface area contributed by atoms with Gasteiger partial charge in [0.05, 0.1) is 12.7 Å². The highest BCUT2D eigenvalue weighted by atomic mass is 35.6. The van der Waals surface area contributed by atoms with E-state index in [0.717, 1.165) is 29.7 Å². The number of hydrogen-bond donors (Lipinski definition) is 1. The quantitative estimate of drug-likeness (QED) is 0.662. The van der Waals surface area contributed by atoms with Crippen LogP contribution in [0.2, 0.25) is 0 Å². The number of hydrogen-bond acceptors (Lipinski definition) is 4. The van der Waals surface area contributed by atoms with Crippen molar-refractivity contribution in [2.24, 2.45) is 0 Å². The van der Waals surface area contributed by atoms with Gasteiger partial charge in [-0.15, -0.1) is 11.3 Å². The van der Waals surface area contributed by atoms with E-state index >= 15 is 0 Å². The van der Waals surface area contributed by atoms with E-state index in [1.165, 1.54) is 18.4 Å². The van der Waals surface area contributed by atoms with Crippen LogP contribution in [0, 0.1) is 0 Å². The van der Waals surface area contributed by atoms with Crippen LogP contribution in [0.5, 0.6) is 0 Å². The topological polar surface area (TPSA) is 55.4 Å². The standard InChI is InChI=1S/C11H10Cl3NO3S/c1-18-9(16)7-5-3-2-4-6(5)19-8(7)15-10(17)11(12,13)14/h2-4H2,1H3,(H,15,17). The normalized spacial score (nSPS) is 14.1. The van der Waals surface area contributed by atoms with Crippen LogP contribution in [0.15, 0.2) is 0 Å². The average molecular weight is 343 g/mol. The van der Waals surface area contributed by atoms with E-state index in [1.54, 1.807) is 0 Å². The number of esters is 1. The molecule has 0 fully saturated rings. The molecule has 0 aliphatic heterocycles. The maximum atomic E-state index is 11.8. The molecule has 8 heteroatoms. The number of thiophene rings is 1. The van der Waals surface area contributed by atoms with Crippen molar-refractivity contribution in [1.82, 2.24) is 0 Å². The summed E-state index contributed by atoms with van der Waals surface area (Å²) in [6.07, 6.45) is 2.66. The van der Waals surface area contributed by atoms with E-state index in [1.807, 2.05) is 0 Å². The number of carbonyl (C=O) groups excluding carboxylic acids is 2. The van der Waals surface area contributed by atoms with Gasteiger partial charge in [0, 0.05) is 4.88 Å². The molecule has 1 aromatic rings. The molecule has 0 radical (unpaired) electrons. The zero-order valence-electron chi connectivity index (χ0n) is 9.89. The fourth-order valence-electron chi connectivity index (χ4n) is 1.98. The van der Waals surface area contributed by atoms with Crippen molar-refractivity contribution in [2.75, 3.05) is 12.4 Å². The summed E-state index contributed by atoms with van der Waals surface area (Å²) in [7, 11) is 1.29. The Bertz CT molecular complexity index is 536. The summed E-state index contributed by atoms with van der Waals surface area (Å²) < 4.78 is 2.68. The van der Waals surface area contributed by atoms with E-state index in [2.05, 4.69) is 5.32 Å². The largest absolute Gasteiger partial charge is 0.465 e. The maximum Gasteiger partial charge on any atom is 0.341 e. The molecule has 19 heavy (non-hydrogen) atoms. The minimum Gasteiger partial charge on any atom is -0.465 e. The molecule has 0 atom stereocenters. The first kappa shape index (κ1) is 14.9. The van der Waals surface area contributed by atoms with Crippen molar-refractivity contribution < 1.29 is 14.3 Å². The molecule has 1 N–H and O–H groups in total. The Hall–Kier alpha value is -0.490. The van der Waals surface area contributed by atoms with Crippen molar-refractivity contribution in [3.63, 3.8) is 0 Å². The highest BCUT2D eigenvalue weighted by molar-refractivity contribution is 7.17. The minimum absolute atomic E-state index is 0.377. The highest BCUT2D eigenvalue weighted by Gasteiger charge is 2.34. The molecule has 0 saturated heterocycles. The van der Waals surface area contributed by atoms with Crippen molar-refractivity contribution in [3.05, 3.63) is 16.0 Å². The lowest BCUT2D eigenvalue weighted by atomic mass is 10.1. The van der Waals surface area contributed by atoms with Gasteiger partial charge in [-0.1, -0.05) is 34.8 Å². The molecule has 0 spiro atoms. The number of halogens is 3. The van der Waals surface area contributed by atoms with E-state index in [9.17, 15) is 9.59 Å². The molecule has 0 bridgehead atoms. The van der Waals surface area contributed by atoms with Crippen LogP contribution in [0.25, 0.3) is 0 Å². The summed E-state index contributed by atoms with van der Waals surface area (Å²) in [6.45, 7) is 0. The van der Waals surface area contributed by atoms with Crippen molar-refractivity contribution >= 4 is 63.0 Å². The van der Waals surface area contributed by atoms with Crippen LogP contribution in [0.4, 0.5) is 5.00 Å². The Morgan fingerprint density at radius 1 is 1.32 bits per heavy atom. The lowest BCUT2D eigenvalue weighted by molar-refractivity contribution is -0.115. The van der Waals surface area contributed by atoms with Crippen LogP contribution in [0.3, 0.4) is 0 Å². The van der Waals surface area contributed by atoms with Gasteiger partial charge in [0.15, 0.2) is 0 Å². The molecule has 1 aliphatic rings. The number of amides is 1. The zero-order valence-corrected chi connectivity index (χ0v) is 13.0. The number of alkyl halides is 3. The van der Waals surface area contributed by atoms with Crippen molar-refractivity contribution in [1.29, 1.82) is 0 Å². The predicted octanol–water partition coefficient (Wildman–Crippen LogP) is 3.33. The average Bonchev–Trinajstić information content (AvgIpc) is 2.86. The van der Waals surface area contributed by atoms with Crippen LogP contribution in [-0.2, 0) is 22.4 Å². The fraction of sp³-hybridized carbons (Fsp3) is 0.455. The Labute approximate surface area is 129 Å². The van der Waals surface area contributed by atoms with Crippen LogP contribution in [-0.4, -0.2) is 22.8 Å². The number of ether oxygens (including phenoxy) is 1. The minimum atomic E-state index is -2.07. The third-order valence-corrected chi connectivity index (χ3v) is 4.52. The molecule has 0 unspecified atom stereocenters. The Morgan fingerprint density at radius 2 is 2.00 bits per heavy atom. The second-order valence-electron chi connectivity index (χ2n) is 4.00. The lowest BCUT2D eigenvalue weighted by Crippen LogP contribution is -2.27. The molecule has 1 amide bonds. The molecule has 1 aliphatic carbocycles. The van der Waals surface area contributed by atoms with Gasteiger partial charge >= 0.3 is 5.97 Å². The van der Waals surface area contributed by atoms with Gasteiger partial charge < -0.3 is 10.1 Å². The number of anilines is 1. The summed E-state index contributed by atoms with van der Waals surface area (Å²) in [6, 6.07) is 0. The van der Waals surface area contributed by atoms with Gasteiger partial charge in [-0.05, 0) is 24.8 Å². The van der Waals surface area contributed by atoms with Gasteiger partial charge in [0.2, 0.25) is 0 Å². The highest BCUT2D eigenvalue weighted by Crippen LogP contribution is 2.40. The third kappa shape index (κ3) is 2.99. The third-order valence-electron chi connectivity index (χ3n) is 2.80. The SMILES string of the molecule is COC(=O)c1c(NC(=O)C(Cl)(Cl)Cl)sc2c1CCC2. The summed E-state index contributed by atoms with van der Waals surface area (Å²) in [5, 5.41) is 2.86. The molecule has 2 rings (SSSR count).